The lowest BCUT2D eigenvalue weighted by atomic mass is 9.99. The molecule has 90 valence electrons. The smallest absolute Gasteiger partial charge is 0.0946 e. The third-order valence-electron chi connectivity index (χ3n) is 3.11. The average Bonchev–Trinajstić information content (AvgIpc) is 2.82. The van der Waals surface area contributed by atoms with Crippen LogP contribution in [0.3, 0.4) is 0 Å². The van der Waals surface area contributed by atoms with E-state index in [0.29, 0.717) is 6.04 Å². The van der Waals surface area contributed by atoms with Crippen molar-refractivity contribution in [2.24, 2.45) is 0 Å². The molecule has 0 radical (unpaired) electrons. The summed E-state index contributed by atoms with van der Waals surface area (Å²) in [6.45, 7) is 5.20. The van der Waals surface area contributed by atoms with Gasteiger partial charge in [-0.25, -0.2) is 4.98 Å². The SMILES string of the molecule is CNC(Cn1ccnc1)c1cc(C)ccc1C. The topological polar surface area (TPSA) is 29.9 Å². The molecule has 0 aliphatic carbocycles. The maximum atomic E-state index is 4.08. The molecule has 1 aromatic heterocycles. The first-order chi connectivity index (χ1) is 8.20. The zero-order valence-corrected chi connectivity index (χ0v) is 10.6. The van der Waals surface area contributed by atoms with Gasteiger partial charge in [0.25, 0.3) is 0 Å². The van der Waals surface area contributed by atoms with Gasteiger partial charge in [0.05, 0.1) is 12.4 Å². The summed E-state index contributed by atoms with van der Waals surface area (Å²) >= 11 is 0. The summed E-state index contributed by atoms with van der Waals surface area (Å²) in [4.78, 5) is 4.08. The van der Waals surface area contributed by atoms with Crippen LogP contribution in [-0.4, -0.2) is 16.6 Å². The summed E-state index contributed by atoms with van der Waals surface area (Å²) in [5.74, 6) is 0. The average molecular weight is 229 g/mol. The summed E-state index contributed by atoms with van der Waals surface area (Å²) in [7, 11) is 2.00. The van der Waals surface area contributed by atoms with Crippen molar-refractivity contribution in [3.63, 3.8) is 0 Å². The van der Waals surface area contributed by atoms with Crippen LogP contribution in [0.1, 0.15) is 22.7 Å². The molecule has 1 aromatic carbocycles. The van der Waals surface area contributed by atoms with Gasteiger partial charge in [0.2, 0.25) is 0 Å². The number of rotatable bonds is 4. The number of benzene rings is 1. The largest absolute Gasteiger partial charge is 0.336 e. The van der Waals surface area contributed by atoms with Gasteiger partial charge < -0.3 is 9.88 Å². The predicted octanol–water partition coefficient (Wildman–Crippen LogP) is 2.46. The van der Waals surface area contributed by atoms with Gasteiger partial charge in [-0.15, -0.1) is 0 Å². The molecular weight excluding hydrogens is 210 g/mol. The van der Waals surface area contributed by atoms with Crippen molar-refractivity contribution in [1.82, 2.24) is 14.9 Å². The first-order valence-corrected chi connectivity index (χ1v) is 5.91. The number of aromatic nitrogens is 2. The van der Waals surface area contributed by atoms with Crippen LogP contribution in [0.4, 0.5) is 0 Å². The van der Waals surface area contributed by atoms with Crippen molar-refractivity contribution in [3.05, 3.63) is 53.6 Å². The number of hydrogen-bond donors (Lipinski definition) is 1. The molecule has 17 heavy (non-hydrogen) atoms. The fourth-order valence-electron chi connectivity index (χ4n) is 2.09. The lowest BCUT2D eigenvalue weighted by Gasteiger charge is -2.20. The number of likely N-dealkylation sites (N-methyl/N-ethyl adjacent to an activating group) is 1. The van der Waals surface area contributed by atoms with E-state index in [4.69, 9.17) is 0 Å². The molecule has 1 unspecified atom stereocenters. The molecule has 3 heteroatoms. The molecule has 0 bridgehead atoms. The molecule has 0 aliphatic rings. The van der Waals surface area contributed by atoms with Gasteiger partial charge in [0.15, 0.2) is 0 Å². The van der Waals surface area contributed by atoms with Crippen LogP contribution < -0.4 is 5.32 Å². The highest BCUT2D eigenvalue weighted by atomic mass is 15.1. The van der Waals surface area contributed by atoms with Crippen LogP contribution in [-0.2, 0) is 6.54 Å². The van der Waals surface area contributed by atoms with E-state index in [1.165, 1.54) is 16.7 Å². The van der Waals surface area contributed by atoms with Crippen molar-refractivity contribution in [1.29, 1.82) is 0 Å². The van der Waals surface area contributed by atoms with E-state index in [-0.39, 0.29) is 0 Å². The van der Waals surface area contributed by atoms with Gasteiger partial charge in [-0.3, -0.25) is 0 Å². The maximum absolute atomic E-state index is 4.08. The Kier molecular flexibility index (Phi) is 3.59. The molecular formula is C14H19N3. The van der Waals surface area contributed by atoms with Crippen molar-refractivity contribution in [3.8, 4) is 0 Å². The Balaban J connectivity index is 2.25. The molecule has 3 nitrogen and oxygen atoms in total. The van der Waals surface area contributed by atoms with Gasteiger partial charge in [0, 0.05) is 18.9 Å². The molecule has 1 N–H and O–H groups in total. The monoisotopic (exact) mass is 229 g/mol. The van der Waals surface area contributed by atoms with Gasteiger partial charge >= 0.3 is 0 Å². The number of nitrogens with zero attached hydrogens (tertiary/aromatic N) is 2. The van der Waals surface area contributed by atoms with Crippen LogP contribution in [0, 0.1) is 13.8 Å². The molecule has 0 fully saturated rings. The molecule has 1 atom stereocenters. The van der Waals surface area contributed by atoms with Crippen molar-refractivity contribution >= 4 is 0 Å². The number of aryl methyl sites for hydroxylation is 2. The Hall–Kier alpha value is -1.61. The van der Waals surface area contributed by atoms with Crippen molar-refractivity contribution < 1.29 is 0 Å². The van der Waals surface area contributed by atoms with Crippen LogP contribution in [0.2, 0.25) is 0 Å². The van der Waals surface area contributed by atoms with Gasteiger partial charge in [0.1, 0.15) is 0 Å². The van der Waals surface area contributed by atoms with Gasteiger partial charge in [-0.2, -0.15) is 0 Å². The standard InChI is InChI=1S/C14H19N3/c1-11-4-5-12(2)13(8-11)14(15-3)9-17-7-6-16-10-17/h4-8,10,14-15H,9H2,1-3H3. The van der Waals surface area contributed by atoms with E-state index in [9.17, 15) is 0 Å². The Labute approximate surface area is 103 Å². The minimum absolute atomic E-state index is 0.323. The molecule has 0 spiro atoms. The zero-order valence-electron chi connectivity index (χ0n) is 10.6. The van der Waals surface area contributed by atoms with Crippen LogP contribution in [0.5, 0.6) is 0 Å². The third kappa shape index (κ3) is 2.74. The zero-order chi connectivity index (χ0) is 12.3. The van der Waals surface area contributed by atoms with Crippen LogP contribution >= 0.6 is 0 Å². The second-order valence-corrected chi connectivity index (χ2v) is 4.46. The van der Waals surface area contributed by atoms with Crippen LogP contribution in [0.25, 0.3) is 0 Å². The molecule has 0 saturated heterocycles. The number of nitrogens with one attached hydrogen (secondary N) is 1. The van der Waals surface area contributed by atoms with E-state index in [0.717, 1.165) is 6.54 Å². The molecule has 0 saturated carbocycles. The molecule has 2 aromatic rings. The summed E-state index contributed by atoms with van der Waals surface area (Å²) in [6, 6.07) is 6.92. The Morgan fingerprint density at radius 1 is 1.35 bits per heavy atom. The van der Waals surface area contributed by atoms with Gasteiger partial charge in [-0.05, 0) is 32.0 Å². The van der Waals surface area contributed by atoms with Crippen molar-refractivity contribution in [2.75, 3.05) is 7.05 Å². The number of imidazole rings is 1. The second-order valence-electron chi connectivity index (χ2n) is 4.46. The summed E-state index contributed by atoms with van der Waals surface area (Å²) in [6.07, 6.45) is 5.67. The molecule has 0 amide bonds. The van der Waals surface area contributed by atoms with E-state index in [2.05, 4.69) is 46.9 Å². The van der Waals surface area contributed by atoms with E-state index in [1.54, 1.807) is 0 Å². The third-order valence-corrected chi connectivity index (χ3v) is 3.11. The Morgan fingerprint density at radius 3 is 2.82 bits per heavy atom. The first kappa shape index (κ1) is 11.9. The lowest BCUT2D eigenvalue weighted by Crippen LogP contribution is -2.22. The molecule has 0 aliphatic heterocycles. The number of hydrogen-bond acceptors (Lipinski definition) is 2. The highest BCUT2D eigenvalue weighted by Crippen LogP contribution is 2.20. The summed E-state index contributed by atoms with van der Waals surface area (Å²) < 4.78 is 2.10. The minimum Gasteiger partial charge on any atom is -0.336 e. The first-order valence-electron chi connectivity index (χ1n) is 5.91. The van der Waals surface area contributed by atoms with E-state index in [1.807, 2.05) is 25.8 Å². The second kappa shape index (κ2) is 5.15. The maximum Gasteiger partial charge on any atom is 0.0946 e. The fourth-order valence-corrected chi connectivity index (χ4v) is 2.09. The van der Waals surface area contributed by atoms with Gasteiger partial charge in [-0.1, -0.05) is 23.8 Å². The van der Waals surface area contributed by atoms with E-state index < -0.39 is 0 Å². The highest BCUT2D eigenvalue weighted by molar-refractivity contribution is 5.32. The normalized spacial score (nSPS) is 12.6. The molecule has 2 rings (SSSR count). The quantitative estimate of drug-likeness (QED) is 0.872. The Bertz CT molecular complexity index is 474. The minimum atomic E-state index is 0.323. The fraction of sp³-hybridized carbons (Fsp3) is 0.357. The Morgan fingerprint density at radius 2 is 2.18 bits per heavy atom. The summed E-state index contributed by atoms with van der Waals surface area (Å²) in [5.41, 5.74) is 3.99. The molecule has 1 heterocycles. The predicted molar refractivity (Wildman–Crippen MR) is 69.9 cm³/mol. The lowest BCUT2D eigenvalue weighted by molar-refractivity contribution is 0.498. The summed E-state index contributed by atoms with van der Waals surface area (Å²) in [5, 5.41) is 3.38. The van der Waals surface area contributed by atoms with E-state index >= 15 is 0 Å². The van der Waals surface area contributed by atoms with Crippen molar-refractivity contribution in [2.45, 2.75) is 26.4 Å². The highest BCUT2D eigenvalue weighted by Gasteiger charge is 2.12. The van der Waals surface area contributed by atoms with Crippen LogP contribution in [0.15, 0.2) is 36.9 Å².